The number of hydrogen-bond acceptors (Lipinski definition) is 2. The standard InChI is InChI=1S/C17H19BrN2O/c1-3-11(2)12-4-7-14(8-5-12)20-17(21)15-10-13(19)6-9-16(15)18/h4-11H,3,19H2,1-2H3,(H,20,21). The number of nitrogens with one attached hydrogen (secondary N) is 1. The summed E-state index contributed by atoms with van der Waals surface area (Å²) in [5.41, 5.74) is 8.88. The molecule has 1 unspecified atom stereocenters. The van der Waals surface area contributed by atoms with Gasteiger partial charge in [-0.3, -0.25) is 4.79 Å². The first kappa shape index (κ1) is 15.6. The van der Waals surface area contributed by atoms with Crippen molar-refractivity contribution in [1.82, 2.24) is 0 Å². The zero-order chi connectivity index (χ0) is 15.4. The fourth-order valence-corrected chi connectivity index (χ4v) is 2.47. The average molecular weight is 347 g/mol. The van der Waals surface area contributed by atoms with E-state index >= 15 is 0 Å². The highest BCUT2D eigenvalue weighted by molar-refractivity contribution is 9.10. The molecule has 21 heavy (non-hydrogen) atoms. The Balaban J connectivity index is 2.14. The summed E-state index contributed by atoms with van der Waals surface area (Å²) in [7, 11) is 0. The molecule has 2 aromatic carbocycles. The van der Waals surface area contributed by atoms with Crippen molar-refractivity contribution in [3.8, 4) is 0 Å². The van der Waals surface area contributed by atoms with Gasteiger partial charge in [0, 0.05) is 15.8 Å². The Morgan fingerprint density at radius 2 is 1.90 bits per heavy atom. The summed E-state index contributed by atoms with van der Waals surface area (Å²) in [5.74, 6) is 0.350. The summed E-state index contributed by atoms with van der Waals surface area (Å²) in [6.07, 6.45) is 1.10. The third-order valence-electron chi connectivity index (χ3n) is 3.59. The Morgan fingerprint density at radius 3 is 2.52 bits per heavy atom. The highest BCUT2D eigenvalue weighted by atomic mass is 79.9. The third-order valence-corrected chi connectivity index (χ3v) is 4.28. The van der Waals surface area contributed by atoms with Crippen LogP contribution in [0.25, 0.3) is 0 Å². The molecular weight excluding hydrogens is 328 g/mol. The molecule has 0 saturated carbocycles. The van der Waals surface area contributed by atoms with Crippen molar-refractivity contribution in [2.45, 2.75) is 26.2 Å². The molecule has 0 aromatic heterocycles. The molecule has 0 aliphatic rings. The van der Waals surface area contributed by atoms with Crippen LogP contribution in [0.3, 0.4) is 0 Å². The van der Waals surface area contributed by atoms with Crippen molar-refractivity contribution in [2.75, 3.05) is 11.1 Å². The maximum atomic E-state index is 12.3. The second-order valence-corrected chi connectivity index (χ2v) is 5.98. The van der Waals surface area contributed by atoms with E-state index in [0.29, 0.717) is 17.2 Å². The highest BCUT2D eigenvalue weighted by Gasteiger charge is 2.11. The number of carbonyl (C=O) groups is 1. The maximum Gasteiger partial charge on any atom is 0.256 e. The van der Waals surface area contributed by atoms with Crippen LogP contribution in [-0.4, -0.2) is 5.91 Å². The SMILES string of the molecule is CCC(C)c1ccc(NC(=O)c2cc(N)ccc2Br)cc1. The molecule has 4 heteroatoms. The number of amides is 1. The van der Waals surface area contributed by atoms with Gasteiger partial charge in [0.1, 0.15) is 0 Å². The van der Waals surface area contributed by atoms with Gasteiger partial charge in [0.15, 0.2) is 0 Å². The van der Waals surface area contributed by atoms with Crippen LogP contribution in [0, 0.1) is 0 Å². The number of nitrogen functional groups attached to an aromatic ring is 1. The number of rotatable bonds is 4. The van der Waals surface area contributed by atoms with E-state index in [9.17, 15) is 4.79 Å². The van der Waals surface area contributed by atoms with E-state index in [1.165, 1.54) is 5.56 Å². The molecule has 3 N–H and O–H groups in total. The largest absolute Gasteiger partial charge is 0.399 e. The van der Waals surface area contributed by atoms with Gasteiger partial charge >= 0.3 is 0 Å². The molecule has 1 atom stereocenters. The Hall–Kier alpha value is -1.81. The predicted molar refractivity (Wildman–Crippen MR) is 91.7 cm³/mol. The van der Waals surface area contributed by atoms with Crippen molar-refractivity contribution >= 4 is 33.2 Å². The molecule has 1 amide bonds. The van der Waals surface area contributed by atoms with Gasteiger partial charge < -0.3 is 11.1 Å². The number of hydrogen-bond donors (Lipinski definition) is 2. The number of nitrogens with two attached hydrogens (primary N) is 1. The van der Waals surface area contributed by atoms with Gasteiger partial charge in [-0.2, -0.15) is 0 Å². The Morgan fingerprint density at radius 1 is 1.24 bits per heavy atom. The predicted octanol–water partition coefficient (Wildman–Crippen LogP) is 4.80. The first-order valence-electron chi connectivity index (χ1n) is 6.97. The van der Waals surface area contributed by atoms with Crippen LogP contribution in [0.1, 0.15) is 42.1 Å². The van der Waals surface area contributed by atoms with E-state index in [4.69, 9.17) is 5.73 Å². The van der Waals surface area contributed by atoms with E-state index in [1.54, 1.807) is 18.2 Å². The van der Waals surface area contributed by atoms with Crippen LogP contribution in [0.15, 0.2) is 46.9 Å². The lowest BCUT2D eigenvalue weighted by Gasteiger charge is -2.11. The Labute approximate surface area is 133 Å². The number of anilines is 2. The molecule has 0 aliphatic carbocycles. The topological polar surface area (TPSA) is 55.1 Å². The van der Waals surface area contributed by atoms with Gasteiger partial charge in [0.2, 0.25) is 0 Å². The number of halogens is 1. The van der Waals surface area contributed by atoms with E-state index < -0.39 is 0 Å². The summed E-state index contributed by atoms with van der Waals surface area (Å²) >= 11 is 3.37. The molecule has 110 valence electrons. The van der Waals surface area contributed by atoms with Gasteiger partial charge in [0.05, 0.1) is 5.56 Å². The fourth-order valence-electron chi connectivity index (χ4n) is 2.05. The van der Waals surface area contributed by atoms with Crippen LogP contribution in [0.4, 0.5) is 11.4 Å². The fraction of sp³-hybridized carbons (Fsp3) is 0.235. The molecule has 0 radical (unpaired) electrons. The molecule has 2 rings (SSSR count). The smallest absolute Gasteiger partial charge is 0.256 e. The molecular formula is C17H19BrN2O. The Bertz CT molecular complexity index is 638. The van der Waals surface area contributed by atoms with Crippen LogP contribution in [0.5, 0.6) is 0 Å². The van der Waals surface area contributed by atoms with Gasteiger partial charge in [-0.1, -0.05) is 26.0 Å². The van der Waals surface area contributed by atoms with Crippen LogP contribution in [0.2, 0.25) is 0 Å². The highest BCUT2D eigenvalue weighted by Crippen LogP contribution is 2.23. The average Bonchev–Trinajstić information content (AvgIpc) is 2.49. The van der Waals surface area contributed by atoms with Crippen LogP contribution < -0.4 is 11.1 Å². The summed E-state index contributed by atoms with van der Waals surface area (Å²) < 4.78 is 0.727. The molecule has 0 heterocycles. The summed E-state index contributed by atoms with van der Waals surface area (Å²) in [4.78, 5) is 12.3. The Kier molecular flexibility index (Phi) is 5.02. The summed E-state index contributed by atoms with van der Waals surface area (Å²) in [6.45, 7) is 4.36. The zero-order valence-corrected chi connectivity index (χ0v) is 13.8. The molecule has 0 spiro atoms. The molecule has 2 aromatic rings. The lowest BCUT2D eigenvalue weighted by molar-refractivity contribution is 0.102. The third kappa shape index (κ3) is 3.85. The first-order chi connectivity index (χ1) is 10.0. The lowest BCUT2D eigenvalue weighted by atomic mass is 9.98. The van der Waals surface area contributed by atoms with E-state index in [0.717, 1.165) is 16.6 Å². The lowest BCUT2D eigenvalue weighted by Crippen LogP contribution is -2.13. The van der Waals surface area contributed by atoms with Crippen LogP contribution in [-0.2, 0) is 0 Å². The monoisotopic (exact) mass is 346 g/mol. The summed E-state index contributed by atoms with van der Waals surface area (Å²) in [6, 6.07) is 13.2. The maximum absolute atomic E-state index is 12.3. The molecule has 0 saturated heterocycles. The first-order valence-corrected chi connectivity index (χ1v) is 7.77. The van der Waals surface area contributed by atoms with Crippen molar-refractivity contribution in [2.24, 2.45) is 0 Å². The quantitative estimate of drug-likeness (QED) is 0.781. The van der Waals surface area contributed by atoms with Gasteiger partial charge in [0.25, 0.3) is 5.91 Å². The molecule has 3 nitrogen and oxygen atoms in total. The van der Waals surface area contributed by atoms with Gasteiger partial charge in [-0.25, -0.2) is 0 Å². The van der Waals surface area contributed by atoms with Crippen LogP contribution >= 0.6 is 15.9 Å². The van der Waals surface area contributed by atoms with E-state index in [1.807, 2.05) is 12.1 Å². The number of carbonyl (C=O) groups excluding carboxylic acids is 1. The van der Waals surface area contributed by atoms with Crippen molar-refractivity contribution < 1.29 is 4.79 Å². The van der Waals surface area contributed by atoms with E-state index in [-0.39, 0.29) is 5.91 Å². The second kappa shape index (κ2) is 6.76. The van der Waals surface area contributed by atoms with Crippen molar-refractivity contribution in [3.63, 3.8) is 0 Å². The van der Waals surface area contributed by atoms with E-state index in [2.05, 4.69) is 47.2 Å². The minimum atomic E-state index is -0.175. The minimum absolute atomic E-state index is 0.175. The normalized spacial score (nSPS) is 12.0. The zero-order valence-electron chi connectivity index (χ0n) is 12.2. The van der Waals surface area contributed by atoms with Crippen molar-refractivity contribution in [1.29, 1.82) is 0 Å². The summed E-state index contributed by atoms with van der Waals surface area (Å²) in [5, 5.41) is 2.89. The molecule has 0 aliphatic heterocycles. The van der Waals surface area contributed by atoms with Crippen molar-refractivity contribution in [3.05, 3.63) is 58.1 Å². The second-order valence-electron chi connectivity index (χ2n) is 5.12. The number of benzene rings is 2. The molecule has 0 fully saturated rings. The van der Waals surface area contributed by atoms with Gasteiger partial charge in [-0.05, 0) is 64.2 Å². The minimum Gasteiger partial charge on any atom is -0.399 e. The molecule has 0 bridgehead atoms. The van der Waals surface area contributed by atoms with Gasteiger partial charge in [-0.15, -0.1) is 0 Å².